The number of benzene rings is 2. The first-order valence-corrected chi connectivity index (χ1v) is 7.94. The third-order valence-corrected chi connectivity index (χ3v) is 5.38. The third-order valence-electron chi connectivity index (χ3n) is 3.09. The highest BCUT2D eigenvalue weighted by atomic mass is 32.2. The maximum Gasteiger partial charge on any atom is 0.336 e. The first kappa shape index (κ1) is 14.0. The van der Waals surface area contributed by atoms with E-state index in [1.807, 2.05) is 35.7 Å². The summed E-state index contributed by atoms with van der Waals surface area (Å²) in [7, 11) is 1.65. The van der Waals surface area contributed by atoms with Gasteiger partial charge in [-0.25, -0.2) is 4.79 Å². The average Bonchev–Trinajstić information content (AvgIpc) is 2.91. The molecular weight excluding hydrogens is 304 g/mol. The molecule has 0 aliphatic rings. The Bertz CT molecular complexity index is 808. The minimum atomic E-state index is -0.907. The molecule has 1 aromatic heterocycles. The van der Waals surface area contributed by atoms with Crippen molar-refractivity contribution in [1.82, 2.24) is 0 Å². The molecule has 0 saturated heterocycles. The minimum Gasteiger partial charge on any atom is -0.495 e. The molecule has 0 unspecified atom stereocenters. The zero-order chi connectivity index (χ0) is 14.8. The number of aromatic carboxylic acids is 1. The molecule has 0 atom stereocenters. The first-order valence-electron chi connectivity index (χ1n) is 6.25. The predicted molar refractivity (Wildman–Crippen MR) is 85.9 cm³/mol. The Kier molecular flexibility index (Phi) is 3.86. The van der Waals surface area contributed by atoms with Gasteiger partial charge in [-0.15, -0.1) is 11.3 Å². The number of carboxylic acid groups (broad SMARTS) is 1. The highest BCUT2D eigenvalue weighted by molar-refractivity contribution is 7.99. The SMILES string of the molecule is COc1cccc2c(Sc3ccccc3C(=O)O)csc12. The van der Waals surface area contributed by atoms with Crippen molar-refractivity contribution < 1.29 is 14.6 Å². The van der Waals surface area contributed by atoms with Crippen molar-refractivity contribution in [3.63, 3.8) is 0 Å². The molecule has 5 heteroatoms. The van der Waals surface area contributed by atoms with Gasteiger partial charge in [0.25, 0.3) is 0 Å². The lowest BCUT2D eigenvalue weighted by molar-refractivity contribution is 0.0693. The molecule has 0 aliphatic carbocycles. The van der Waals surface area contributed by atoms with Gasteiger partial charge in [0, 0.05) is 20.6 Å². The fraction of sp³-hybridized carbons (Fsp3) is 0.0625. The summed E-state index contributed by atoms with van der Waals surface area (Å²) < 4.78 is 6.44. The lowest BCUT2D eigenvalue weighted by Crippen LogP contribution is -1.97. The van der Waals surface area contributed by atoms with Crippen molar-refractivity contribution in [2.75, 3.05) is 7.11 Å². The number of rotatable bonds is 4. The smallest absolute Gasteiger partial charge is 0.336 e. The maximum atomic E-state index is 11.3. The molecule has 1 heterocycles. The van der Waals surface area contributed by atoms with Crippen LogP contribution in [-0.2, 0) is 0 Å². The van der Waals surface area contributed by atoms with Crippen LogP contribution in [0.2, 0.25) is 0 Å². The molecule has 0 bridgehead atoms. The normalized spacial score (nSPS) is 10.7. The summed E-state index contributed by atoms with van der Waals surface area (Å²) in [5.74, 6) is -0.0638. The van der Waals surface area contributed by atoms with Crippen molar-refractivity contribution >= 4 is 39.2 Å². The Morgan fingerprint density at radius 3 is 2.71 bits per heavy atom. The van der Waals surface area contributed by atoms with Crippen LogP contribution in [0.4, 0.5) is 0 Å². The summed E-state index contributed by atoms with van der Waals surface area (Å²) in [6, 6.07) is 12.9. The van der Waals surface area contributed by atoms with E-state index < -0.39 is 5.97 Å². The standard InChI is InChI=1S/C16H12O3S2/c1-19-12-7-4-6-10-14(9-20-15(10)12)21-13-8-3-2-5-11(13)16(17)18/h2-9H,1H3,(H,17,18). The van der Waals surface area contributed by atoms with Gasteiger partial charge in [-0.05, 0) is 18.2 Å². The van der Waals surface area contributed by atoms with Gasteiger partial charge < -0.3 is 9.84 Å². The van der Waals surface area contributed by atoms with Crippen molar-refractivity contribution in [2.45, 2.75) is 9.79 Å². The summed E-state index contributed by atoms with van der Waals surface area (Å²) in [6.07, 6.45) is 0. The van der Waals surface area contributed by atoms with E-state index in [9.17, 15) is 9.90 Å². The number of fused-ring (bicyclic) bond motifs is 1. The van der Waals surface area contributed by atoms with Crippen LogP contribution in [0, 0.1) is 0 Å². The molecule has 0 fully saturated rings. The first-order chi connectivity index (χ1) is 10.2. The molecule has 0 aliphatic heterocycles. The number of thiophene rings is 1. The molecule has 0 amide bonds. The van der Waals surface area contributed by atoms with Gasteiger partial charge in [-0.2, -0.15) is 0 Å². The molecule has 3 rings (SSSR count). The number of methoxy groups -OCH3 is 1. The lowest BCUT2D eigenvalue weighted by atomic mass is 10.2. The zero-order valence-corrected chi connectivity index (χ0v) is 12.8. The number of hydrogen-bond acceptors (Lipinski definition) is 4. The van der Waals surface area contributed by atoms with Crippen LogP contribution < -0.4 is 4.74 Å². The summed E-state index contributed by atoms with van der Waals surface area (Å²) in [5, 5.41) is 12.4. The van der Waals surface area contributed by atoms with E-state index in [1.165, 1.54) is 11.8 Å². The molecule has 0 radical (unpaired) electrons. The molecular formula is C16H12O3S2. The van der Waals surface area contributed by atoms with Crippen molar-refractivity contribution in [2.24, 2.45) is 0 Å². The van der Waals surface area contributed by atoms with E-state index >= 15 is 0 Å². The van der Waals surface area contributed by atoms with Crippen LogP contribution in [0.1, 0.15) is 10.4 Å². The van der Waals surface area contributed by atoms with Crippen molar-refractivity contribution in [3.8, 4) is 5.75 Å². The summed E-state index contributed by atoms with van der Waals surface area (Å²) in [4.78, 5) is 13.1. The van der Waals surface area contributed by atoms with Crippen LogP contribution in [0.3, 0.4) is 0 Å². The van der Waals surface area contributed by atoms with Crippen molar-refractivity contribution in [1.29, 1.82) is 0 Å². The van der Waals surface area contributed by atoms with E-state index in [1.54, 1.807) is 30.6 Å². The Labute approximate surface area is 130 Å². The molecule has 21 heavy (non-hydrogen) atoms. The minimum absolute atomic E-state index is 0.324. The summed E-state index contributed by atoms with van der Waals surface area (Å²) >= 11 is 3.08. The fourth-order valence-corrected chi connectivity index (χ4v) is 4.35. The van der Waals surface area contributed by atoms with E-state index in [-0.39, 0.29) is 0 Å². The molecule has 0 saturated carbocycles. The molecule has 3 nitrogen and oxygen atoms in total. The number of ether oxygens (including phenoxy) is 1. The lowest BCUT2D eigenvalue weighted by Gasteiger charge is -2.05. The second-order valence-corrected chi connectivity index (χ2v) is 6.30. The van der Waals surface area contributed by atoms with Crippen LogP contribution in [-0.4, -0.2) is 18.2 Å². The number of carbonyl (C=O) groups is 1. The summed E-state index contributed by atoms with van der Waals surface area (Å²) in [5.41, 5.74) is 0.324. The van der Waals surface area contributed by atoms with Crippen LogP contribution in [0.5, 0.6) is 5.75 Å². The van der Waals surface area contributed by atoms with E-state index in [4.69, 9.17) is 4.74 Å². The van der Waals surface area contributed by atoms with Gasteiger partial charge in [0.15, 0.2) is 0 Å². The predicted octanol–water partition coefficient (Wildman–Crippen LogP) is 4.76. The maximum absolute atomic E-state index is 11.3. The fourth-order valence-electron chi connectivity index (χ4n) is 2.10. The molecule has 0 spiro atoms. The van der Waals surface area contributed by atoms with Crippen LogP contribution in [0.25, 0.3) is 10.1 Å². The third kappa shape index (κ3) is 2.62. The van der Waals surface area contributed by atoms with Gasteiger partial charge in [-0.3, -0.25) is 0 Å². The molecule has 2 aromatic carbocycles. The van der Waals surface area contributed by atoms with Crippen molar-refractivity contribution in [3.05, 3.63) is 53.4 Å². The average molecular weight is 316 g/mol. The van der Waals surface area contributed by atoms with Gasteiger partial charge in [-0.1, -0.05) is 36.0 Å². The Morgan fingerprint density at radius 1 is 1.14 bits per heavy atom. The highest BCUT2D eigenvalue weighted by Gasteiger charge is 2.14. The van der Waals surface area contributed by atoms with Gasteiger partial charge in [0.1, 0.15) is 5.75 Å². The Hall–Kier alpha value is -1.98. The van der Waals surface area contributed by atoms with E-state index in [2.05, 4.69) is 0 Å². The quantitative estimate of drug-likeness (QED) is 0.754. The topological polar surface area (TPSA) is 46.5 Å². The van der Waals surface area contributed by atoms with E-state index in [0.717, 1.165) is 25.6 Å². The molecule has 106 valence electrons. The second kappa shape index (κ2) is 5.79. The second-order valence-electron chi connectivity index (χ2n) is 4.34. The summed E-state index contributed by atoms with van der Waals surface area (Å²) in [6.45, 7) is 0. The van der Waals surface area contributed by atoms with Crippen LogP contribution in [0.15, 0.2) is 57.6 Å². The zero-order valence-electron chi connectivity index (χ0n) is 11.2. The van der Waals surface area contributed by atoms with Gasteiger partial charge in [0.05, 0.1) is 17.4 Å². The van der Waals surface area contributed by atoms with Gasteiger partial charge >= 0.3 is 5.97 Å². The number of carboxylic acids is 1. The van der Waals surface area contributed by atoms with Gasteiger partial charge in [0.2, 0.25) is 0 Å². The molecule has 1 N–H and O–H groups in total. The Balaban J connectivity index is 2.05. The highest BCUT2D eigenvalue weighted by Crippen LogP contribution is 2.41. The molecule has 3 aromatic rings. The monoisotopic (exact) mass is 316 g/mol. The number of hydrogen-bond donors (Lipinski definition) is 1. The largest absolute Gasteiger partial charge is 0.495 e. The van der Waals surface area contributed by atoms with E-state index in [0.29, 0.717) is 5.56 Å². The Morgan fingerprint density at radius 2 is 1.95 bits per heavy atom. The van der Waals surface area contributed by atoms with Crippen LogP contribution >= 0.6 is 23.1 Å².